The monoisotopic (exact) mass is 570 g/mol. The molecule has 1 N–H and O–H groups in total. The summed E-state index contributed by atoms with van der Waals surface area (Å²) in [6, 6.07) is 15.8. The highest BCUT2D eigenvalue weighted by molar-refractivity contribution is 8.26. The second kappa shape index (κ2) is 10.8. The number of aliphatic carboxylic acids is 1. The van der Waals surface area contributed by atoms with Crippen molar-refractivity contribution in [2.75, 3.05) is 32.8 Å². The molecule has 38 heavy (non-hydrogen) atoms. The van der Waals surface area contributed by atoms with Gasteiger partial charge in [-0.2, -0.15) is 9.40 Å². The summed E-state index contributed by atoms with van der Waals surface area (Å²) in [5.74, 6) is -1.65. The average molecular weight is 571 g/mol. The minimum Gasteiger partial charge on any atom is -0.480 e. The van der Waals surface area contributed by atoms with Crippen LogP contribution in [-0.2, 0) is 24.3 Å². The number of sulfonamides is 1. The molecule has 0 atom stereocenters. The summed E-state index contributed by atoms with van der Waals surface area (Å²) in [6.45, 7) is 0.801. The highest BCUT2D eigenvalue weighted by Gasteiger charge is 2.34. The van der Waals surface area contributed by atoms with Gasteiger partial charge in [0.1, 0.15) is 10.9 Å². The van der Waals surface area contributed by atoms with Gasteiger partial charge in [0.15, 0.2) is 0 Å². The van der Waals surface area contributed by atoms with E-state index in [-0.39, 0.29) is 14.1 Å². The standard InChI is InChI=1S/C25H22N4O6S3/c30-22(31)16-28-24(32)21(37-25(28)36)14-18-15-29(19-4-2-1-3-5-19)26-23(18)17-6-8-20(9-7-17)38(33,34)27-10-12-35-13-11-27/h1-9,14-15H,10-13,16H2,(H,30,31)/b21-14-. The Morgan fingerprint density at radius 2 is 1.79 bits per heavy atom. The molecule has 3 aromatic rings. The van der Waals surface area contributed by atoms with Crippen LogP contribution >= 0.6 is 24.0 Å². The summed E-state index contributed by atoms with van der Waals surface area (Å²) < 4.78 is 34.6. The predicted octanol–water partition coefficient (Wildman–Crippen LogP) is 2.85. The average Bonchev–Trinajstić information content (AvgIpc) is 3.46. The van der Waals surface area contributed by atoms with Gasteiger partial charge in [-0.3, -0.25) is 14.5 Å². The third-order valence-electron chi connectivity index (χ3n) is 5.95. The molecule has 10 nitrogen and oxygen atoms in total. The summed E-state index contributed by atoms with van der Waals surface area (Å²) in [6.07, 6.45) is 3.38. The maximum atomic E-state index is 13.0. The maximum Gasteiger partial charge on any atom is 0.323 e. The number of morpholine rings is 1. The molecule has 0 spiro atoms. The fourth-order valence-corrected chi connectivity index (χ4v) is 6.72. The summed E-state index contributed by atoms with van der Waals surface area (Å²) in [4.78, 5) is 25.5. The number of carboxylic acids is 1. The number of carboxylic acid groups (broad SMARTS) is 1. The zero-order chi connectivity index (χ0) is 26.9. The van der Waals surface area contributed by atoms with Crippen molar-refractivity contribution in [3.05, 3.63) is 71.3 Å². The third-order valence-corrected chi connectivity index (χ3v) is 9.24. The third kappa shape index (κ3) is 5.28. The number of benzene rings is 2. The van der Waals surface area contributed by atoms with Crippen LogP contribution in [0.25, 0.3) is 23.0 Å². The van der Waals surface area contributed by atoms with Crippen molar-refractivity contribution in [3.63, 3.8) is 0 Å². The maximum absolute atomic E-state index is 13.0. The number of carbonyl (C=O) groups is 2. The minimum atomic E-state index is -3.66. The van der Waals surface area contributed by atoms with Gasteiger partial charge in [-0.25, -0.2) is 13.1 Å². The molecule has 2 aromatic carbocycles. The summed E-state index contributed by atoms with van der Waals surface area (Å²) in [5, 5.41) is 13.8. The zero-order valence-corrected chi connectivity index (χ0v) is 22.3. The minimum absolute atomic E-state index is 0.165. The fraction of sp³-hybridized carbons (Fsp3) is 0.200. The van der Waals surface area contributed by atoms with E-state index in [2.05, 4.69) is 0 Å². The van der Waals surface area contributed by atoms with E-state index in [9.17, 15) is 18.0 Å². The SMILES string of the molecule is O=C(O)CN1C(=O)/C(=C/c2cn(-c3ccccc3)nc2-c2ccc(S(=O)(=O)N3CCOCC3)cc2)SC1=S. The normalized spacial score (nSPS) is 17.9. The van der Waals surface area contributed by atoms with E-state index < -0.39 is 28.4 Å². The Labute approximate surface area is 228 Å². The number of hydrogen-bond donors (Lipinski definition) is 1. The van der Waals surface area contributed by atoms with Gasteiger partial charge < -0.3 is 9.84 Å². The van der Waals surface area contributed by atoms with E-state index in [4.69, 9.17) is 27.2 Å². The van der Waals surface area contributed by atoms with Crippen LogP contribution in [0.4, 0.5) is 0 Å². The molecule has 1 aromatic heterocycles. The van der Waals surface area contributed by atoms with Gasteiger partial charge >= 0.3 is 5.97 Å². The smallest absolute Gasteiger partial charge is 0.323 e. The highest BCUT2D eigenvalue weighted by Crippen LogP contribution is 2.35. The number of hydrogen-bond acceptors (Lipinski definition) is 8. The van der Waals surface area contributed by atoms with Crippen molar-refractivity contribution in [1.29, 1.82) is 0 Å². The Balaban J connectivity index is 1.52. The molecule has 2 aliphatic heterocycles. The Hall–Kier alpha value is -3.36. The first-order valence-corrected chi connectivity index (χ1v) is 14.2. The van der Waals surface area contributed by atoms with Gasteiger partial charge in [0.2, 0.25) is 10.0 Å². The Morgan fingerprint density at radius 1 is 1.11 bits per heavy atom. The quantitative estimate of drug-likeness (QED) is 0.338. The van der Waals surface area contributed by atoms with Crippen molar-refractivity contribution in [2.45, 2.75) is 4.90 Å². The van der Waals surface area contributed by atoms with E-state index in [0.29, 0.717) is 43.1 Å². The van der Waals surface area contributed by atoms with Crippen molar-refractivity contribution >= 4 is 56.3 Å². The molecule has 2 aliphatic rings. The molecular formula is C25H22N4O6S3. The summed E-state index contributed by atoms with van der Waals surface area (Å²) in [5.41, 5.74) is 2.55. The van der Waals surface area contributed by atoms with Crippen LogP contribution in [0.1, 0.15) is 5.56 Å². The number of para-hydroxylation sites is 1. The van der Waals surface area contributed by atoms with Crippen molar-refractivity contribution < 1.29 is 27.9 Å². The van der Waals surface area contributed by atoms with Crippen LogP contribution in [0, 0.1) is 0 Å². The molecule has 13 heteroatoms. The molecule has 196 valence electrons. The number of amides is 1. The van der Waals surface area contributed by atoms with Gasteiger partial charge in [-0.1, -0.05) is 54.3 Å². The van der Waals surface area contributed by atoms with Crippen molar-refractivity contribution in [3.8, 4) is 16.9 Å². The molecule has 5 rings (SSSR count). The van der Waals surface area contributed by atoms with Gasteiger partial charge in [0.05, 0.1) is 34.4 Å². The van der Waals surface area contributed by atoms with Crippen molar-refractivity contribution in [2.24, 2.45) is 0 Å². The Bertz CT molecular complexity index is 1530. The number of aromatic nitrogens is 2. The second-order valence-electron chi connectivity index (χ2n) is 8.42. The number of thioether (sulfide) groups is 1. The van der Waals surface area contributed by atoms with E-state index in [1.54, 1.807) is 29.1 Å². The molecule has 0 radical (unpaired) electrons. The van der Waals surface area contributed by atoms with Gasteiger partial charge in [0, 0.05) is 30.4 Å². The van der Waals surface area contributed by atoms with E-state index >= 15 is 0 Å². The van der Waals surface area contributed by atoms with Gasteiger partial charge in [0.25, 0.3) is 5.91 Å². The first-order chi connectivity index (χ1) is 18.2. The second-order valence-corrected chi connectivity index (χ2v) is 12.0. The topological polar surface area (TPSA) is 122 Å². The molecule has 2 saturated heterocycles. The lowest BCUT2D eigenvalue weighted by atomic mass is 10.1. The van der Waals surface area contributed by atoms with Crippen LogP contribution in [0.3, 0.4) is 0 Å². The molecule has 1 amide bonds. The van der Waals surface area contributed by atoms with Crippen molar-refractivity contribution in [1.82, 2.24) is 19.0 Å². The number of thiocarbonyl (C=S) groups is 1. The molecule has 3 heterocycles. The lowest BCUT2D eigenvalue weighted by molar-refractivity contribution is -0.140. The van der Waals surface area contributed by atoms with Gasteiger partial charge in [-0.05, 0) is 30.3 Å². The van der Waals surface area contributed by atoms with E-state index in [1.165, 1.54) is 16.4 Å². The Kier molecular flexibility index (Phi) is 7.45. The largest absolute Gasteiger partial charge is 0.480 e. The van der Waals surface area contributed by atoms with Crippen LogP contribution in [0.15, 0.2) is 70.6 Å². The number of carbonyl (C=O) groups excluding carboxylic acids is 1. The number of rotatable bonds is 7. The first kappa shape index (κ1) is 26.3. The molecular weight excluding hydrogens is 548 g/mol. The molecule has 0 bridgehead atoms. The molecule has 0 unspecified atom stereocenters. The first-order valence-electron chi connectivity index (χ1n) is 11.5. The molecule has 0 aliphatic carbocycles. The fourth-order valence-electron chi connectivity index (χ4n) is 4.06. The van der Waals surface area contributed by atoms with E-state index in [0.717, 1.165) is 22.3 Å². The lowest BCUT2D eigenvalue weighted by Crippen LogP contribution is -2.40. The molecule has 2 fully saturated rings. The van der Waals surface area contributed by atoms with Crippen LogP contribution in [-0.4, -0.2) is 81.6 Å². The number of ether oxygens (including phenoxy) is 1. The predicted molar refractivity (Wildman–Crippen MR) is 146 cm³/mol. The molecule has 0 saturated carbocycles. The highest BCUT2D eigenvalue weighted by atomic mass is 32.2. The van der Waals surface area contributed by atoms with Crippen LogP contribution < -0.4 is 0 Å². The van der Waals surface area contributed by atoms with Gasteiger partial charge in [-0.15, -0.1) is 0 Å². The Morgan fingerprint density at radius 3 is 2.45 bits per heavy atom. The zero-order valence-electron chi connectivity index (χ0n) is 19.9. The number of nitrogens with zero attached hydrogens (tertiary/aromatic N) is 4. The lowest BCUT2D eigenvalue weighted by Gasteiger charge is -2.26. The van der Waals surface area contributed by atoms with E-state index in [1.807, 2.05) is 30.3 Å². The van der Waals surface area contributed by atoms with Crippen LogP contribution in [0.5, 0.6) is 0 Å². The van der Waals surface area contributed by atoms with Crippen LogP contribution in [0.2, 0.25) is 0 Å². The summed E-state index contributed by atoms with van der Waals surface area (Å²) in [7, 11) is -3.66. The summed E-state index contributed by atoms with van der Waals surface area (Å²) >= 11 is 6.24.